The van der Waals surface area contributed by atoms with Crippen molar-refractivity contribution in [2.75, 3.05) is 9.80 Å². The van der Waals surface area contributed by atoms with Gasteiger partial charge in [-0.2, -0.15) is 0 Å². The average Bonchev–Trinajstić information content (AvgIpc) is 3.22. The van der Waals surface area contributed by atoms with E-state index < -0.39 is 0 Å². The Labute approximate surface area is 372 Å². The smallest absolute Gasteiger partial charge is 0.252 e. The van der Waals surface area contributed by atoms with E-state index in [4.69, 9.17) is 0 Å². The molecule has 7 aromatic carbocycles. The molecule has 2 nitrogen and oxygen atoms in total. The molecule has 0 amide bonds. The van der Waals surface area contributed by atoms with Crippen molar-refractivity contribution in [3.8, 4) is 22.3 Å². The number of hydrogen-bond donors (Lipinski definition) is 0. The molecule has 7 aromatic rings. The summed E-state index contributed by atoms with van der Waals surface area (Å²) in [5.74, 6) is 0.473. The number of aryl methyl sites for hydroxylation is 2. The molecule has 2 aliphatic rings. The van der Waals surface area contributed by atoms with Crippen LogP contribution >= 0.6 is 0 Å². The van der Waals surface area contributed by atoms with Crippen molar-refractivity contribution in [2.24, 2.45) is 0 Å². The van der Waals surface area contributed by atoms with Crippen LogP contribution in [0, 0.1) is 13.8 Å². The minimum Gasteiger partial charge on any atom is -0.311 e. The third-order valence-electron chi connectivity index (χ3n) is 13.5. The van der Waals surface area contributed by atoms with E-state index >= 15 is 0 Å². The van der Waals surface area contributed by atoms with Crippen LogP contribution in [0.1, 0.15) is 115 Å². The second-order valence-electron chi connectivity index (χ2n) is 21.5. The van der Waals surface area contributed by atoms with E-state index in [0.29, 0.717) is 5.92 Å². The highest BCUT2D eigenvalue weighted by Gasteiger charge is 2.44. The third-order valence-corrected chi connectivity index (χ3v) is 13.5. The van der Waals surface area contributed by atoms with E-state index in [0.717, 1.165) is 0 Å². The van der Waals surface area contributed by atoms with E-state index in [2.05, 4.69) is 239 Å². The summed E-state index contributed by atoms with van der Waals surface area (Å²) in [5, 5.41) is 0. The molecule has 0 N–H and O–H groups in total. The molecule has 0 spiro atoms. The molecule has 0 saturated carbocycles. The molecule has 0 aromatic heterocycles. The Hall–Kier alpha value is -5.80. The fraction of sp³-hybridized carbons (Fsp3) is 0.288. The van der Waals surface area contributed by atoms with Crippen LogP contribution in [0.4, 0.5) is 34.1 Å². The van der Waals surface area contributed by atoms with Gasteiger partial charge in [0.1, 0.15) is 0 Å². The highest BCUT2D eigenvalue weighted by atomic mass is 15.2. The van der Waals surface area contributed by atoms with Crippen molar-refractivity contribution < 1.29 is 0 Å². The van der Waals surface area contributed by atoms with E-state index in [-0.39, 0.29) is 23.0 Å². The summed E-state index contributed by atoms with van der Waals surface area (Å²) in [5.41, 5.74) is 24.2. The predicted molar refractivity (Wildman–Crippen MR) is 271 cm³/mol. The largest absolute Gasteiger partial charge is 0.311 e. The maximum atomic E-state index is 2.58. The normalized spacial score (nSPS) is 13.6. The molecule has 0 atom stereocenters. The molecule has 0 unspecified atom stereocenters. The molecule has 312 valence electrons. The number of nitrogens with zero attached hydrogens (tertiary/aromatic N) is 2. The van der Waals surface area contributed by atoms with Crippen molar-refractivity contribution in [2.45, 2.75) is 112 Å². The molecule has 0 fully saturated rings. The van der Waals surface area contributed by atoms with Crippen LogP contribution in [0.15, 0.2) is 140 Å². The van der Waals surface area contributed by atoms with Crippen molar-refractivity contribution in [1.29, 1.82) is 0 Å². The van der Waals surface area contributed by atoms with Crippen LogP contribution in [-0.2, 0) is 16.2 Å². The summed E-state index contributed by atoms with van der Waals surface area (Å²) in [4.78, 5) is 5.17. The molecule has 62 heavy (non-hydrogen) atoms. The first-order valence-corrected chi connectivity index (χ1v) is 22.7. The third kappa shape index (κ3) is 7.18. The van der Waals surface area contributed by atoms with Crippen LogP contribution in [-0.4, -0.2) is 6.71 Å². The highest BCUT2D eigenvalue weighted by molar-refractivity contribution is 7.00. The van der Waals surface area contributed by atoms with Crippen molar-refractivity contribution >= 4 is 57.2 Å². The van der Waals surface area contributed by atoms with Gasteiger partial charge >= 0.3 is 0 Å². The van der Waals surface area contributed by atoms with Gasteiger partial charge < -0.3 is 9.80 Å². The molecule has 0 aliphatic carbocycles. The van der Waals surface area contributed by atoms with Gasteiger partial charge in [-0.15, -0.1) is 0 Å². The molecule has 0 saturated heterocycles. The van der Waals surface area contributed by atoms with Crippen LogP contribution in [0.25, 0.3) is 22.3 Å². The first-order valence-electron chi connectivity index (χ1n) is 22.7. The first kappa shape index (κ1) is 41.6. The van der Waals surface area contributed by atoms with Crippen LogP contribution < -0.4 is 26.2 Å². The Balaban J connectivity index is 1.36. The number of benzene rings is 7. The standard InChI is InChI=1S/C59H63BN2/c1-37(2)40-19-21-41(22-20-40)46-33-38(3)17-29-50(46)61-52-31-27-44(58(8,9)10)35-48(52)60-49-36-45(59(11,12)13)28-32-53(49)62(55-16-14-15-54(61)56(55)60)51-30-18-39(4)34-47(51)42-23-25-43(26-24-42)57(5,6)7/h14-37H,1-13H3. The number of fused-ring (bicyclic) bond motifs is 4. The summed E-state index contributed by atoms with van der Waals surface area (Å²) in [6.45, 7) is 29.9. The fourth-order valence-corrected chi connectivity index (χ4v) is 9.75. The first-order chi connectivity index (χ1) is 29.3. The highest BCUT2D eigenvalue weighted by Crippen LogP contribution is 2.49. The van der Waals surface area contributed by atoms with Gasteiger partial charge in [0.2, 0.25) is 0 Å². The van der Waals surface area contributed by atoms with E-state index in [9.17, 15) is 0 Å². The van der Waals surface area contributed by atoms with Crippen molar-refractivity contribution in [1.82, 2.24) is 0 Å². The van der Waals surface area contributed by atoms with Crippen LogP contribution in [0.3, 0.4) is 0 Å². The Morgan fingerprint density at radius 1 is 0.403 bits per heavy atom. The van der Waals surface area contributed by atoms with E-state index in [1.807, 2.05) is 0 Å². The van der Waals surface area contributed by atoms with Gasteiger partial charge in [0.15, 0.2) is 0 Å². The zero-order chi connectivity index (χ0) is 44.0. The summed E-state index contributed by atoms with van der Waals surface area (Å²) < 4.78 is 0. The number of anilines is 6. The lowest BCUT2D eigenvalue weighted by Gasteiger charge is -2.45. The van der Waals surface area contributed by atoms with Gasteiger partial charge in [-0.25, -0.2) is 0 Å². The Morgan fingerprint density at radius 2 is 0.790 bits per heavy atom. The molecule has 2 aliphatic heterocycles. The molecule has 9 rings (SSSR count). The van der Waals surface area contributed by atoms with Gasteiger partial charge in [0, 0.05) is 33.9 Å². The molecule has 0 radical (unpaired) electrons. The summed E-state index contributed by atoms with van der Waals surface area (Å²) in [6.07, 6.45) is 0. The lowest BCUT2D eigenvalue weighted by molar-refractivity contribution is 0.590. The lowest BCUT2D eigenvalue weighted by Crippen LogP contribution is -2.61. The van der Waals surface area contributed by atoms with E-state index in [1.54, 1.807) is 0 Å². The average molecular weight is 811 g/mol. The topological polar surface area (TPSA) is 6.48 Å². The van der Waals surface area contributed by atoms with Gasteiger partial charge in [-0.1, -0.05) is 178 Å². The Kier molecular flexibility index (Phi) is 10.0. The number of hydrogen-bond acceptors (Lipinski definition) is 2. The lowest BCUT2D eigenvalue weighted by atomic mass is 9.33. The zero-order valence-corrected chi connectivity index (χ0v) is 39.3. The zero-order valence-electron chi connectivity index (χ0n) is 39.3. The minimum atomic E-state index is -0.0256. The molecule has 2 heterocycles. The SMILES string of the molecule is Cc1ccc(N2c3ccc(C(C)(C)C)cc3B3c4cc(C(C)(C)C)ccc4N(c4ccc(C)cc4-c4ccc(C(C)(C)C)cc4)c4cccc2c43)c(-c2ccc(C(C)C)cc2)c1. The molecular formula is C59H63BN2. The summed E-state index contributed by atoms with van der Waals surface area (Å²) in [7, 11) is 0. The molecule has 0 bridgehead atoms. The second kappa shape index (κ2) is 14.9. The Morgan fingerprint density at radius 3 is 1.19 bits per heavy atom. The fourth-order valence-electron chi connectivity index (χ4n) is 9.75. The van der Waals surface area contributed by atoms with Gasteiger partial charge in [-0.05, 0) is 134 Å². The van der Waals surface area contributed by atoms with Crippen molar-refractivity contribution in [3.63, 3.8) is 0 Å². The van der Waals surface area contributed by atoms with Gasteiger partial charge in [0.25, 0.3) is 6.71 Å². The monoisotopic (exact) mass is 811 g/mol. The van der Waals surface area contributed by atoms with Crippen LogP contribution in [0.5, 0.6) is 0 Å². The summed E-state index contributed by atoms with van der Waals surface area (Å²) >= 11 is 0. The maximum absolute atomic E-state index is 2.58. The Bertz CT molecular complexity index is 2840. The van der Waals surface area contributed by atoms with Gasteiger partial charge in [0.05, 0.1) is 11.4 Å². The second-order valence-corrected chi connectivity index (χ2v) is 21.5. The van der Waals surface area contributed by atoms with Gasteiger partial charge in [-0.3, -0.25) is 0 Å². The molecular weight excluding hydrogens is 747 g/mol. The van der Waals surface area contributed by atoms with Crippen LogP contribution in [0.2, 0.25) is 0 Å². The maximum Gasteiger partial charge on any atom is 0.252 e. The predicted octanol–water partition coefficient (Wildman–Crippen LogP) is 14.7. The molecule has 3 heteroatoms. The van der Waals surface area contributed by atoms with Crippen molar-refractivity contribution in [3.05, 3.63) is 173 Å². The number of rotatable bonds is 5. The quantitative estimate of drug-likeness (QED) is 0.160. The minimum absolute atomic E-state index is 0.0248. The van der Waals surface area contributed by atoms with E-state index in [1.165, 1.54) is 106 Å². The summed E-state index contributed by atoms with van der Waals surface area (Å²) in [6, 6.07) is 54.3.